The topological polar surface area (TPSA) is 91.7 Å². The molecule has 17 heavy (non-hydrogen) atoms. The molecule has 0 aromatic carbocycles. The van der Waals surface area contributed by atoms with Crippen molar-refractivity contribution in [3.05, 3.63) is 11.7 Å². The summed E-state index contributed by atoms with van der Waals surface area (Å²) in [4.78, 5) is 8.62. The van der Waals surface area contributed by atoms with E-state index in [0.717, 1.165) is 19.6 Å². The standard InChI is InChI=1S/C10H19N5O2/c1-14-3-4-15(2)7(6-14)9-12-10(17-13-9)8(16)5-11/h7-8,16H,3-6,11H2,1-2H3. The lowest BCUT2D eigenvalue weighted by molar-refractivity contribution is 0.107. The molecule has 3 N–H and O–H groups in total. The number of aliphatic hydroxyl groups excluding tert-OH is 1. The Morgan fingerprint density at radius 2 is 2.29 bits per heavy atom. The minimum atomic E-state index is -0.872. The van der Waals surface area contributed by atoms with Crippen LogP contribution in [-0.4, -0.2) is 65.3 Å². The van der Waals surface area contributed by atoms with Crippen molar-refractivity contribution in [1.82, 2.24) is 19.9 Å². The third kappa shape index (κ3) is 2.63. The van der Waals surface area contributed by atoms with E-state index >= 15 is 0 Å². The van der Waals surface area contributed by atoms with Gasteiger partial charge in [-0.05, 0) is 14.1 Å². The molecular formula is C10H19N5O2. The molecule has 1 fully saturated rings. The minimum Gasteiger partial charge on any atom is -0.382 e. The summed E-state index contributed by atoms with van der Waals surface area (Å²) >= 11 is 0. The molecule has 2 unspecified atom stereocenters. The second-order valence-corrected chi connectivity index (χ2v) is 4.50. The van der Waals surface area contributed by atoms with Crippen molar-refractivity contribution >= 4 is 0 Å². The highest BCUT2D eigenvalue weighted by Crippen LogP contribution is 2.22. The molecule has 1 aliphatic rings. The van der Waals surface area contributed by atoms with Gasteiger partial charge in [-0.3, -0.25) is 4.90 Å². The molecule has 2 atom stereocenters. The van der Waals surface area contributed by atoms with E-state index in [1.807, 2.05) is 7.05 Å². The van der Waals surface area contributed by atoms with E-state index in [1.54, 1.807) is 0 Å². The van der Waals surface area contributed by atoms with E-state index < -0.39 is 6.10 Å². The number of aromatic nitrogens is 2. The van der Waals surface area contributed by atoms with Crippen LogP contribution in [0.15, 0.2) is 4.52 Å². The SMILES string of the molecule is CN1CCN(C)C(c2noc(C(O)CN)n2)C1. The lowest BCUT2D eigenvalue weighted by Gasteiger charge is -2.35. The quantitative estimate of drug-likeness (QED) is 0.699. The van der Waals surface area contributed by atoms with E-state index in [0.29, 0.717) is 5.82 Å². The molecule has 2 heterocycles. The smallest absolute Gasteiger partial charge is 0.256 e. The van der Waals surface area contributed by atoms with Crippen LogP contribution in [0.2, 0.25) is 0 Å². The average molecular weight is 241 g/mol. The van der Waals surface area contributed by atoms with Crippen molar-refractivity contribution in [2.24, 2.45) is 5.73 Å². The first-order valence-corrected chi connectivity index (χ1v) is 5.72. The highest BCUT2D eigenvalue weighted by Gasteiger charge is 2.28. The number of hydrogen-bond donors (Lipinski definition) is 2. The van der Waals surface area contributed by atoms with Crippen LogP contribution in [0.5, 0.6) is 0 Å². The predicted octanol–water partition coefficient (Wildman–Crippen LogP) is -1.02. The largest absolute Gasteiger partial charge is 0.382 e. The summed E-state index contributed by atoms with van der Waals surface area (Å²) in [7, 11) is 4.10. The Labute approximate surface area is 100 Å². The predicted molar refractivity (Wildman–Crippen MR) is 61.2 cm³/mol. The fourth-order valence-corrected chi connectivity index (χ4v) is 1.91. The monoisotopic (exact) mass is 241 g/mol. The second kappa shape index (κ2) is 5.09. The fourth-order valence-electron chi connectivity index (χ4n) is 1.91. The van der Waals surface area contributed by atoms with Gasteiger partial charge in [-0.2, -0.15) is 4.98 Å². The molecule has 1 saturated heterocycles. The molecule has 0 amide bonds. The van der Waals surface area contributed by atoms with E-state index in [9.17, 15) is 5.11 Å². The van der Waals surface area contributed by atoms with Crippen LogP contribution in [0.4, 0.5) is 0 Å². The van der Waals surface area contributed by atoms with Gasteiger partial charge in [0.25, 0.3) is 5.89 Å². The van der Waals surface area contributed by atoms with Gasteiger partial charge >= 0.3 is 0 Å². The molecule has 7 heteroatoms. The molecule has 1 aliphatic heterocycles. The van der Waals surface area contributed by atoms with E-state index in [-0.39, 0.29) is 18.5 Å². The molecule has 1 aromatic rings. The molecule has 2 rings (SSSR count). The van der Waals surface area contributed by atoms with E-state index in [2.05, 4.69) is 27.0 Å². The fraction of sp³-hybridized carbons (Fsp3) is 0.800. The molecule has 0 bridgehead atoms. The Hall–Kier alpha value is -1.02. The Kier molecular flexibility index (Phi) is 3.72. The zero-order chi connectivity index (χ0) is 12.4. The zero-order valence-electron chi connectivity index (χ0n) is 10.2. The number of hydrogen-bond acceptors (Lipinski definition) is 7. The van der Waals surface area contributed by atoms with Gasteiger partial charge in [-0.15, -0.1) is 0 Å². The minimum absolute atomic E-state index is 0.0854. The summed E-state index contributed by atoms with van der Waals surface area (Å²) < 4.78 is 5.02. The third-order valence-electron chi connectivity index (χ3n) is 3.11. The molecule has 0 spiro atoms. The summed E-state index contributed by atoms with van der Waals surface area (Å²) in [6, 6.07) is 0.108. The van der Waals surface area contributed by atoms with Crippen molar-refractivity contribution < 1.29 is 9.63 Å². The van der Waals surface area contributed by atoms with Gasteiger partial charge in [-0.1, -0.05) is 5.16 Å². The highest BCUT2D eigenvalue weighted by atomic mass is 16.5. The van der Waals surface area contributed by atoms with Gasteiger partial charge in [-0.25, -0.2) is 0 Å². The van der Waals surface area contributed by atoms with Crippen LogP contribution in [0, 0.1) is 0 Å². The first-order chi connectivity index (χ1) is 8.11. The lowest BCUT2D eigenvalue weighted by atomic mass is 10.2. The van der Waals surface area contributed by atoms with Crippen LogP contribution in [-0.2, 0) is 0 Å². The summed E-state index contributed by atoms with van der Waals surface area (Å²) in [6.45, 7) is 2.93. The molecule has 0 aliphatic carbocycles. The summed E-state index contributed by atoms with van der Waals surface area (Å²) in [5.41, 5.74) is 5.34. The molecule has 0 radical (unpaired) electrons. The van der Waals surface area contributed by atoms with E-state index in [1.165, 1.54) is 0 Å². The number of nitrogens with zero attached hydrogens (tertiary/aromatic N) is 4. The number of piperazine rings is 1. The van der Waals surface area contributed by atoms with Gasteiger partial charge < -0.3 is 20.3 Å². The molecular weight excluding hydrogens is 222 g/mol. The maximum Gasteiger partial charge on any atom is 0.256 e. The molecule has 1 aromatic heterocycles. The van der Waals surface area contributed by atoms with Crippen molar-refractivity contribution in [1.29, 1.82) is 0 Å². The molecule has 96 valence electrons. The van der Waals surface area contributed by atoms with Crippen molar-refractivity contribution in [3.63, 3.8) is 0 Å². The molecule has 0 saturated carbocycles. The average Bonchev–Trinajstić information content (AvgIpc) is 2.80. The number of rotatable bonds is 3. The second-order valence-electron chi connectivity index (χ2n) is 4.50. The maximum atomic E-state index is 9.51. The van der Waals surface area contributed by atoms with Gasteiger partial charge in [0.15, 0.2) is 5.82 Å². The van der Waals surface area contributed by atoms with Gasteiger partial charge in [0.05, 0.1) is 6.04 Å². The van der Waals surface area contributed by atoms with Gasteiger partial charge in [0, 0.05) is 26.2 Å². The van der Waals surface area contributed by atoms with Crippen LogP contribution in [0.25, 0.3) is 0 Å². The Morgan fingerprint density at radius 1 is 1.53 bits per heavy atom. The third-order valence-corrected chi connectivity index (χ3v) is 3.11. The zero-order valence-corrected chi connectivity index (χ0v) is 10.2. The van der Waals surface area contributed by atoms with E-state index in [4.69, 9.17) is 10.3 Å². The molecule has 7 nitrogen and oxygen atoms in total. The summed E-state index contributed by atoms with van der Waals surface area (Å²) in [5, 5.41) is 13.4. The van der Waals surface area contributed by atoms with Crippen LogP contribution >= 0.6 is 0 Å². The first-order valence-electron chi connectivity index (χ1n) is 5.72. The normalized spacial score (nSPS) is 25.1. The van der Waals surface area contributed by atoms with Gasteiger partial charge in [0.1, 0.15) is 6.10 Å². The summed E-state index contributed by atoms with van der Waals surface area (Å²) in [5.74, 6) is 0.811. The van der Waals surface area contributed by atoms with Crippen molar-refractivity contribution in [3.8, 4) is 0 Å². The Bertz CT molecular complexity index is 369. The summed E-state index contributed by atoms with van der Waals surface area (Å²) in [6.07, 6.45) is -0.872. The van der Waals surface area contributed by atoms with Crippen molar-refractivity contribution in [2.75, 3.05) is 40.3 Å². The first kappa shape index (κ1) is 12.4. The van der Waals surface area contributed by atoms with Crippen LogP contribution in [0.3, 0.4) is 0 Å². The Morgan fingerprint density at radius 3 is 3.00 bits per heavy atom. The van der Waals surface area contributed by atoms with Crippen molar-refractivity contribution in [2.45, 2.75) is 12.1 Å². The van der Waals surface area contributed by atoms with Gasteiger partial charge in [0.2, 0.25) is 0 Å². The number of aliphatic hydroxyl groups is 1. The highest BCUT2D eigenvalue weighted by molar-refractivity contribution is 4.99. The van der Waals surface area contributed by atoms with Crippen LogP contribution < -0.4 is 5.73 Å². The Balaban J connectivity index is 2.13. The van der Waals surface area contributed by atoms with Crippen LogP contribution in [0.1, 0.15) is 23.9 Å². The number of likely N-dealkylation sites (N-methyl/N-ethyl adjacent to an activating group) is 2. The number of nitrogens with two attached hydrogens (primary N) is 1. The maximum absolute atomic E-state index is 9.51. The lowest BCUT2D eigenvalue weighted by Crippen LogP contribution is -2.45.